The highest BCUT2D eigenvalue weighted by molar-refractivity contribution is 6.06. The van der Waals surface area contributed by atoms with Crippen LogP contribution in [-0.4, -0.2) is 68.7 Å². The molecule has 7 nitrogen and oxygen atoms in total. The average molecular weight is 343 g/mol. The molecule has 0 unspecified atom stereocenters. The Balaban J connectivity index is 1.41. The molecule has 3 aliphatic rings. The van der Waals surface area contributed by atoms with Gasteiger partial charge in [0, 0.05) is 69.7 Å². The van der Waals surface area contributed by atoms with Crippen LogP contribution in [0.1, 0.15) is 12.0 Å². The minimum Gasteiger partial charge on any atom is -0.368 e. The SMILES string of the molecule is Cc1cc(N2CC(N3CCNCC3)C2)ccc1N1CCC(=O)NC1=O. The maximum Gasteiger partial charge on any atom is 0.328 e. The molecule has 3 aliphatic heterocycles. The molecule has 3 amide bonds. The van der Waals surface area contributed by atoms with E-state index in [2.05, 4.69) is 32.6 Å². The number of amides is 3. The van der Waals surface area contributed by atoms with Crippen molar-refractivity contribution < 1.29 is 9.59 Å². The molecule has 3 heterocycles. The van der Waals surface area contributed by atoms with Gasteiger partial charge in [0.05, 0.1) is 0 Å². The number of imide groups is 1. The number of hydrogen-bond acceptors (Lipinski definition) is 5. The standard InChI is InChI=1S/C18H25N5O2/c1-13-10-14(22-11-15(12-22)21-8-5-19-6-9-21)2-3-16(13)23-7-4-17(24)20-18(23)25/h2-3,10,15,19H,4-9,11-12H2,1H3,(H,20,24,25). The Morgan fingerprint density at radius 1 is 1.08 bits per heavy atom. The lowest BCUT2D eigenvalue weighted by atomic mass is 10.0. The Morgan fingerprint density at radius 2 is 1.84 bits per heavy atom. The summed E-state index contributed by atoms with van der Waals surface area (Å²) in [5.41, 5.74) is 3.15. The number of anilines is 2. The van der Waals surface area contributed by atoms with Crippen LogP contribution >= 0.6 is 0 Å². The van der Waals surface area contributed by atoms with Gasteiger partial charge in [0.15, 0.2) is 0 Å². The van der Waals surface area contributed by atoms with E-state index in [4.69, 9.17) is 0 Å². The van der Waals surface area contributed by atoms with Crippen molar-refractivity contribution in [2.75, 3.05) is 55.6 Å². The van der Waals surface area contributed by atoms with Gasteiger partial charge in [0.1, 0.15) is 0 Å². The molecule has 0 bridgehead atoms. The molecule has 4 rings (SSSR count). The number of carbonyl (C=O) groups excluding carboxylic acids is 2. The quantitative estimate of drug-likeness (QED) is 0.838. The second-order valence-corrected chi connectivity index (χ2v) is 7.07. The van der Waals surface area contributed by atoms with Gasteiger partial charge >= 0.3 is 6.03 Å². The highest BCUT2D eigenvalue weighted by Gasteiger charge is 2.33. The van der Waals surface area contributed by atoms with Crippen molar-refractivity contribution in [2.45, 2.75) is 19.4 Å². The summed E-state index contributed by atoms with van der Waals surface area (Å²) in [4.78, 5) is 30.0. The molecule has 0 aliphatic carbocycles. The molecular formula is C18H25N5O2. The molecule has 1 aromatic rings. The van der Waals surface area contributed by atoms with Gasteiger partial charge in [-0.15, -0.1) is 0 Å². The van der Waals surface area contributed by atoms with Crippen LogP contribution in [0.2, 0.25) is 0 Å². The number of nitrogens with zero attached hydrogens (tertiary/aromatic N) is 3. The molecule has 3 fully saturated rings. The molecule has 1 aromatic carbocycles. The fourth-order valence-corrected chi connectivity index (χ4v) is 3.88. The smallest absolute Gasteiger partial charge is 0.328 e. The van der Waals surface area contributed by atoms with Crippen LogP contribution in [0, 0.1) is 6.92 Å². The van der Waals surface area contributed by atoms with Gasteiger partial charge in [0.2, 0.25) is 5.91 Å². The number of carbonyl (C=O) groups is 2. The largest absolute Gasteiger partial charge is 0.368 e. The van der Waals surface area contributed by atoms with E-state index in [1.54, 1.807) is 4.90 Å². The molecule has 2 N–H and O–H groups in total. The molecule has 3 saturated heterocycles. The molecule has 7 heteroatoms. The van der Waals surface area contributed by atoms with Gasteiger partial charge in [0.25, 0.3) is 0 Å². The van der Waals surface area contributed by atoms with Crippen LogP contribution in [0.5, 0.6) is 0 Å². The fourth-order valence-electron chi connectivity index (χ4n) is 3.88. The van der Waals surface area contributed by atoms with Gasteiger partial charge in [-0.3, -0.25) is 19.9 Å². The predicted molar refractivity (Wildman–Crippen MR) is 97.1 cm³/mol. The van der Waals surface area contributed by atoms with E-state index in [1.165, 1.54) is 5.69 Å². The summed E-state index contributed by atoms with van der Waals surface area (Å²) >= 11 is 0. The van der Waals surface area contributed by atoms with Crippen molar-refractivity contribution in [1.29, 1.82) is 0 Å². The van der Waals surface area contributed by atoms with Gasteiger partial charge < -0.3 is 10.2 Å². The zero-order chi connectivity index (χ0) is 17.4. The van der Waals surface area contributed by atoms with Gasteiger partial charge in [-0.25, -0.2) is 4.79 Å². The first-order valence-corrected chi connectivity index (χ1v) is 9.03. The minimum absolute atomic E-state index is 0.199. The Morgan fingerprint density at radius 3 is 2.52 bits per heavy atom. The van der Waals surface area contributed by atoms with Crippen molar-refractivity contribution in [1.82, 2.24) is 15.5 Å². The van der Waals surface area contributed by atoms with E-state index in [-0.39, 0.29) is 11.9 Å². The van der Waals surface area contributed by atoms with Crippen molar-refractivity contribution in [3.05, 3.63) is 23.8 Å². The topological polar surface area (TPSA) is 67.9 Å². The fraction of sp³-hybridized carbons (Fsp3) is 0.556. The van der Waals surface area contributed by atoms with E-state index in [0.29, 0.717) is 19.0 Å². The van der Waals surface area contributed by atoms with Crippen molar-refractivity contribution >= 4 is 23.3 Å². The first-order chi connectivity index (χ1) is 12.1. The first-order valence-electron chi connectivity index (χ1n) is 9.03. The highest BCUT2D eigenvalue weighted by Crippen LogP contribution is 2.30. The van der Waals surface area contributed by atoms with E-state index in [0.717, 1.165) is 50.5 Å². The van der Waals surface area contributed by atoms with Crippen LogP contribution in [-0.2, 0) is 4.79 Å². The van der Waals surface area contributed by atoms with Crippen molar-refractivity contribution in [3.63, 3.8) is 0 Å². The van der Waals surface area contributed by atoms with Crippen molar-refractivity contribution in [2.24, 2.45) is 0 Å². The molecule has 0 aromatic heterocycles. The zero-order valence-corrected chi connectivity index (χ0v) is 14.6. The van der Waals surface area contributed by atoms with Crippen LogP contribution in [0.25, 0.3) is 0 Å². The zero-order valence-electron chi connectivity index (χ0n) is 14.6. The van der Waals surface area contributed by atoms with Gasteiger partial charge in [-0.1, -0.05) is 0 Å². The minimum atomic E-state index is -0.324. The molecule has 25 heavy (non-hydrogen) atoms. The number of piperazine rings is 1. The number of rotatable bonds is 3. The molecule has 0 spiro atoms. The number of benzene rings is 1. The lowest BCUT2D eigenvalue weighted by molar-refractivity contribution is -0.120. The molecule has 0 atom stereocenters. The summed E-state index contributed by atoms with van der Waals surface area (Å²) in [7, 11) is 0. The lowest BCUT2D eigenvalue weighted by Gasteiger charge is -2.48. The Kier molecular flexibility index (Phi) is 4.35. The third-order valence-electron chi connectivity index (χ3n) is 5.42. The molecule has 0 radical (unpaired) electrons. The second kappa shape index (κ2) is 6.65. The average Bonchev–Trinajstić information content (AvgIpc) is 2.56. The van der Waals surface area contributed by atoms with Crippen molar-refractivity contribution in [3.8, 4) is 0 Å². The molecule has 0 saturated carbocycles. The Hall–Kier alpha value is -2.12. The summed E-state index contributed by atoms with van der Waals surface area (Å²) in [6.45, 7) is 9.05. The summed E-state index contributed by atoms with van der Waals surface area (Å²) in [5.74, 6) is -0.199. The monoisotopic (exact) mass is 343 g/mol. The second-order valence-electron chi connectivity index (χ2n) is 7.07. The summed E-state index contributed by atoms with van der Waals surface area (Å²) in [6, 6.07) is 6.56. The highest BCUT2D eigenvalue weighted by atomic mass is 16.2. The normalized spacial score (nSPS) is 22.8. The Labute approximate surface area is 147 Å². The number of nitrogens with one attached hydrogen (secondary N) is 2. The van der Waals surface area contributed by atoms with E-state index in [1.807, 2.05) is 13.0 Å². The predicted octanol–water partition coefficient (Wildman–Crippen LogP) is 0.535. The van der Waals surface area contributed by atoms with Crippen LogP contribution < -0.4 is 20.4 Å². The van der Waals surface area contributed by atoms with Gasteiger partial charge in [-0.05, 0) is 30.7 Å². The maximum atomic E-state index is 12.0. The first kappa shape index (κ1) is 16.4. The van der Waals surface area contributed by atoms with Crippen LogP contribution in [0.4, 0.5) is 16.2 Å². The maximum absolute atomic E-state index is 12.0. The number of hydrogen-bond donors (Lipinski definition) is 2. The third-order valence-corrected chi connectivity index (χ3v) is 5.42. The van der Waals surface area contributed by atoms with E-state index < -0.39 is 0 Å². The van der Waals surface area contributed by atoms with E-state index in [9.17, 15) is 9.59 Å². The number of urea groups is 1. The van der Waals surface area contributed by atoms with Crippen LogP contribution in [0.3, 0.4) is 0 Å². The summed E-state index contributed by atoms with van der Waals surface area (Å²) in [6.07, 6.45) is 0.353. The lowest BCUT2D eigenvalue weighted by Crippen LogP contribution is -2.62. The van der Waals surface area contributed by atoms with Gasteiger partial charge in [-0.2, -0.15) is 0 Å². The number of aryl methyl sites for hydroxylation is 1. The summed E-state index contributed by atoms with van der Waals surface area (Å²) in [5, 5.41) is 5.78. The third kappa shape index (κ3) is 3.21. The Bertz CT molecular complexity index is 680. The summed E-state index contributed by atoms with van der Waals surface area (Å²) < 4.78 is 0. The van der Waals surface area contributed by atoms with E-state index >= 15 is 0 Å². The molecule has 134 valence electrons. The van der Waals surface area contributed by atoms with Crippen LogP contribution in [0.15, 0.2) is 18.2 Å². The molecular weight excluding hydrogens is 318 g/mol.